The molecule has 2 amide bonds. The fraction of sp³-hybridized carbons (Fsp3) is 0.250. The van der Waals surface area contributed by atoms with E-state index in [1.165, 1.54) is 11.8 Å². The third kappa shape index (κ3) is 3.42. The third-order valence-electron chi connectivity index (χ3n) is 4.64. The second kappa shape index (κ2) is 7.08. The van der Waals surface area contributed by atoms with Gasteiger partial charge in [-0.05, 0) is 44.2 Å². The Hall–Kier alpha value is -2.80. The molecule has 0 aliphatic carbocycles. The van der Waals surface area contributed by atoms with E-state index in [0.717, 1.165) is 21.8 Å². The lowest BCUT2D eigenvalue weighted by Gasteiger charge is -2.21. The largest absolute Gasteiger partial charge is 0.350 e. The highest BCUT2D eigenvalue weighted by molar-refractivity contribution is 8.00. The van der Waals surface area contributed by atoms with Crippen LogP contribution in [0, 0.1) is 6.92 Å². The van der Waals surface area contributed by atoms with Gasteiger partial charge in [-0.2, -0.15) is 0 Å². The maximum absolute atomic E-state index is 12.5. The molecule has 3 aromatic rings. The van der Waals surface area contributed by atoms with Crippen LogP contribution in [-0.2, 0) is 11.3 Å². The third-order valence-corrected chi connectivity index (χ3v) is 5.82. The average molecular weight is 380 g/mol. The van der Waals surface area contributed by atoms with Gasteiger partial charge in [0.1, 0.15) is 5.82 Å². The molecule has 0 spiro atoms. The molecule has 138 valence electrons. The number of rotatable bonds is 4. The molecule has 0 saturated carbocycles. The van der Waals surface area contributed by atoms with E-state index in [1.807, 2.05) is 44.2 Å². The molecule has 2 N–H and O–H groups in total. The van der Waals surface area contributed by atoms with Crippen LogP contribution < -0.4 is 10.6 Å². The van der Waals surface area contributed by atoms with E-state index >= 15 is 0 Å². The highest BCUT2D eigenvalue weighted by atomic mass is 32.2. The number of amides is 2. The summed E-state index contributed by atoms with van der Waals surface area (Å²) in [6.45, 7) is 4.97. The minimum Gasteiger partial charge on any atom is -0.350 e. The van der Waals surface area contributed by atoms with Crippen LogP contribution in [0.25, 0.3) is 11.0 Å². The van der Waals surface area contributed by atoms with Crippen molar-refractivity contribution in [1.82, 2.24) is 14.9 Å². The number of para-hydroxylation sites is 2. The number of imidazole rings is 1. The van der Waals surface area contributed by atoms with Gasteiger partial charge in [-0.3, -0.25) is 9.59 Å². The summed E-state index contributed by atoms with van der Waals surface area (Å²) in [5.41, 5.74) is 3.26. The molecule has 4 rings (SSSR count). The average Bonchev–Trinajstić information content (AvgIpc) is 2.98. The van der Waals surface area contributed by atoms with Gasteiger partial charge in [-0.1, -0.05) is 12.1 Å². The van der Waals surface area contributed by atoms with E-state index in [-0.39, 0.29) is 17.1 Å². The maximum Gasteiger partial charge on any atom is 0.251 e. The molecule has 0 saturated heterocycles. The van der Waals surface area contributed by atoms with Crippen LogP contribution in [0.5, 0.6) is 0 Å². The molecule has 0 radical (unpaired) electrons. The van der Waals surface area contributed by atoms with Crippen molar-refractivity contribution in [3.63, 3.8) is 0 Å². The minimum atomic E-state index is -0.155. The summed E-state index contributed by atoms with van der Waals surface area (Å²) in [4.78, 5) is 29.9. The van der Waals surface area contributed by atoms with Crippen molar-refractivity contribution in [2.45, 2.75) is 30.5 Å². The Morgan fingerprint density at radius 1 is 1.30 bits per heavy atom. The minimum absolute atomic E-state index is 0.0347. The summed E-state index contributed by atoms with van der Waals surface area (Å²) in [6, 6.07) is 13.4. The fourth-order valence-electron chi connectivity index (χ4n) is 3.21. The molecular weight excluding hydrogens is 360 g/mol. The smallest absolute Gasteiger partial charge is 0.251 e. The molecule has 2 aromatic carbocycles. The second-order valence-corrected chi connectivity index (χ2v) is 7.90. The lowest BCUT2D eigenvalue weighted by Crippen LogP contribution is -2.29. The summed E-state index contributed by atoms with van der Waals surface area (Å²) in [5, 5.41) is 5.69. The summed E-state index contributed by atoms with van der Waals surface area (Å²) >= 11 is 1.51. The summed E-state index contributed by atoms with van der Waals surface area (Å²) < 4.78 is 2.10. The summed E-state index contributed by atoms with van der Waals surface area (Å²) in [7, 11) is 0. The van der Waals surface area contributed by atoms with Gasteiger partial charge in [-0.25, -0.2) is 4.98 Å². The molecule has 7 heteroatoms. The molecule has 1 aliphatic heterocycles. The quantitative estimate of drug-likeness (QED) is 0.729. The fourth-order valence-corrected chi connectivity index (χ4v) is 4.14. The van der Waals surface area contributed by atoms with E-state index in [9.17, 15) is 9.59 Å². The first-order valence-corrected chi connectivity index (χ1v) is 9.72. The van der Waals surface area contributed by atoms with E-state index in [0.29, 0.717) is 24.3 Å². The number of aromatic nitrogens is 2. The number of anilines is 1. The molecule has 6 nitrogen and oxygen atoms in total. The van der Waals surface area contributed by atoms with Crippen molar-refractivity contribution in [1.29, 1.82) is 0 Å². The van der Waals surface area contributed by atoms with Crippen LogP contribution in [-0.4, -0.2) is 33.2 Å². The second-order valence-electron chi connectivity index (χ2n) is 6.52. The van der Waals surface area contributed by atoms with E-state index in [2.05, 4.69) is 20.2 Å². The summed E-state index contributed by atoms with van der Waals surface area (Å²) in [5.74, 6) is 0.735. The monoisotopic (exact) mass is 380 g/mol. The zero-order chi connectivity index (χ0) is 19.0. The van der Waals surface area contributed by atoms with Crippen molar-refractivity contribution in [3.05, 3.63) is 53.9 Å². The Bertz CT molecular complexity index is 1040. The molecule has 0 fully saturated rings. The standard InChI is InChI=1S/C20H20N4O2S/c1-12-19(25)23-16-11-14(7-8-18(16)27-12)20(26)21-9-10-24-13(2)22-15-5-3-4-6-17(15)24/h3-8,11-12H,9-10H2,1-2H3,(H,21,26)(H,23,25)/t12-/m1/s1. The Morgan fingerprint density at radius 2 is 2.11 bits per heavy atom. The predicted molar refractivity (Wildman–Crippen MR) is 107 cm³/mol. The number of nitrogens with one attached hydrogen (secondary N) is 2. The number of hydrogen-bond acceptors (Lipinski definition) is 4. The predicted octanol–water partition coefficient (Wildman–Crippen LogP) is 3.21. The number of carbonyl (C=O) groups is 2. The molecule has 0 bridgehead atoms. The maximum atomic E-state index is 12.5. The normalized spacial score (nSPS) is 16.1. The van der Waals surface area contributed by atoms with Gasteiger partial charge < -0.3 is 15.2 Å². The highest BCUT2D eigenvalue weighted by Gasteiger charge is 2.23. The first-order valence-electron chi connectivity index (χ1n) is 8.84. The first-order chi connectivity index (χ1) is 13.0. The number of hydrogen-bond donors (Lipinski definition) is 2. The van der Waals surface area contributed by atoms with Crippen molar-refractivity contribution in [2.75, 3.05) is 11.9 Å². The van der Waals surface area contributed by atoms with E-state index in [4.69, 9.17) is 0 Å². The number of fused-ring (bicyclic) bond motifs is 2. The van der Waals surface area contributed by atoms with Crippen molar-refractivity contribution < 1.29 is 9.59 Å². The van der Waals surface area contributed by atoms with Gasteiger partial charge in [0.2, 0.25) is 5.91 Å². The van der Waals surface area contributed by atoms with Gasteiger partial charge in [-0.15, -0.1) is 11.8 Å². The Balaban J connectivity index is 1.43. The first kappa shape index (κ1) is 17.6. The van der Waals surface area contributed by atoms with E-state index < -0.39 is 0 Å². The number of nitrogens with zero attached hydrogens (tertiary/aromatic N) is 2. The number of aryl methyl sites for hydroxylation is 1. The van der Waals surface area contributed by atoms with Crippen molar-refractivity contribution in [2.24, 2.45) is 0 Å². The van der Waals surface area contributed by atoms with Gasteiger partial charge in [0.05, 0.1) is 22.0 Å². The molecule has 1 atom stereocenters. The van der Waals surface area contributed by atoms with Crippen LogP contribution in [0.3, 0.4) is 0 Å². The van der Waals surface area contributed by atoms with E-state index in [1.54, 1.807) is 12.1 Å². The zero-order valence-corrected chi connectivity index (χ0v) is 16.0. The van der Waals surface area contributed by atoms with Gasteiger partial charge in [0, 0.05) is 23.5 Å². The molecular formula is C20H20N4O2S. The lowest BCUT2D eigenvalue weighted by atomic mass is 10.1. The van der Waals surface area contributed by atoms with Crippen LogP contribution in [0.2, 0.25) is 0 Å². The molecule has 2 heterocycles. The highest BCUT2D eigenvalue weighted by Crippen LogP contribution is 2.35. The Labute approximate surface area is 161 Å². The molecule has 1 aliphatic rings. The SMILES string of the molecule is Cc1nc2ccccc2n1CCNC(=O)c1ccc2c(c1)NC(=O)[C@@H](C)S2. The number of thioether (sulfide) groups is 1. The topological polar surface area (TPSA) is 76.0 Å². The molecule has 27 heavy (non-hydrogen) atoms. The lowest BCUT2D eigenvalue weighted by molar-refractivity contribution is -0.115. The van der Waals surface area contributed by atoms with Crippen LogP contribution in [0.1, 0.15) is 23.1 Å². The Morgan fingerprint density at radius 3 is 2.96 bits per heavy atom. The van der Waals surface area contributed by atoms with Crippen LogP contribution in [0.15, 0.2) is 47.4 Å². The molecule has 1 aromatic heterocycles. The van der Waals surface area contributed by atoms with Gasteiger partial charge >= 0.3 is 0 Å². The van der Waals surface area contributed by atoms with Crippen molar-refractivity contribution >= 4 is 40.3 Å². The molecule has 0 unspecified atom stereocenters. The zero-order valence-electron chi connectivity index (χ0n) is 15.2. The van der Waals surface area contributed by atoms with Gasteiger partial charge in [0.15, 0.2) is 0 Å². The Kier molecular flexibility index (Phi) is 4.61. The number of carbonyl (C=O) groups excluding carboxylic acids is 2. The number of benzene rings is 2. The summed E-state index contributed by atoms with van der Waals surface area (Å²) in [6.07, 6.45) is 0. The van der Waals surface area contributed by atoms with Gasteiger partial charge in [0.25, 0.3) is 5.91 Å². The van der Waals surface area contributed by atoms with Crippen LogP contribution in [0.4, 0.5) is 5.69 Å². The van der Waals surface area contributed by atoms with Crippen LogP contribution >= 0.6 is 11.8 Å². The van der Waals surface area contributed by atoms with Crippen molar-refractivity contribution in [3.8, 4) is 0 Å².